The van der Waals surface area contributed by atoms with Crippen LogP contribution in [-0.2, 0) is 13.1 Å². The van der Waals surface area contributed by atoms with E-state index in [1.165, 1.54) is 24.2 Å². The van der Waals surface area contributed by atoms with Crippen LogP contribution in [0.1, 0.15) is 61.0 Å². The van der Waals surface area contributed by atoms with E-state index in [4.69, 9.17) is 0 Å². The van der Waals surface area contributed by atoms with E-state index >= 15 is 0 Å². The van der Waals surface area contributed by atoms with Crippen LogP contribution in [0.25, 0.3) is 24.3 Å². The highest BCUT2D eigenvalue weighted by Gasteiger charge is 2.16. The molecule has 0 amide bonds. The van der Waals surface area contributed by atoms with Crippen LogP contribution in [0, 0.1) is 0 Å². The minimum atomic E-state index is 0.0559. The van der Waals surface area contributed by atoms with Gasteiger partial charge in [0.15, 0.2) is 12.4 Å². The first-order chi connectivity index (χ1) is 30.3. The van der Waals surface area contributed by atoms with Gasteiger partial charge >= 0.3 is 0 Å². The fraction of sp³-hybridized carbons (Fsp3) is 0.480. The standard InChI is InChI=1S/C50H74N6O4S2/c1-51(2)45(13-9-31-53-29-7-5-11-47(53)21-15-43-17-23-49(24-18-43)55(33-37-57)34-38-58)27-41-61-62-42-28-46(52(3)4)14-10-32-54-30-8-6-12-48(54)22-16-44-19-25-50(26-20-44)56(35-39-59)36-40-60/h5-8,11-12,15-26,29-30,45-46,57-60H,9-10,13-14,27-28,31-42H2,1-4H3/q+2. The van der Waals surface area contributed by atoms with Crippen molar-refractivity contribution in [1.82, 2.24) is 9.80 Å². The maximum atomic E-state index is 9.38. The maximum absolute atomic E-state index is 9.38. The summed E-state index contributed by atoms with van der Waals surface area (Å²) in [5, 5.41) is 37.5. The molecule has 4 aromatic rings. The van der Waals surface area contributed by atoms with E-state index in [2.05, 4.69) is 144 Å². The normalized spacial score (nSPS) is 12.9. The molecule has 0 aliphatic carbocycles. The molecule has 2 aromatic carbocycles. The van der Waals surface area contributed by atoms with Crippen molar-refractivity contribution >= 4 is 57.3 Å². The molecule has 0 saturated heterocycles. The number of hydrogen-bond donors (Lipinski definition) is 4. The van der Waals surface area contributed by atoms with E-state index in [1.54, 1.807) is 0 Å². The number of pyridine rings is 2. The van der Waals surface area contributed by atoms with E-state index in [0.29, 0.717) is 38.3 Å². The first-order valence-electron chi connectivity index (χ1n) is 22.3. The molecule has 0 fully saturated rings. The molecule has 0 bridgehead atoms. The van der Waals surface area contributed by atoms with Crippen molar-refractivity contribution in [2.45, 2.75) is 63.7 Å². The third-order valence-electron chi connectivity index (χ3n) is 11.3. The maximum Gasteiger partial charge on any atom is 0.205 e. The quantitative estimate of drug-likeness (QED) is 0.0256. The van der Waals surface area contributed by atoms with E-state index in [1.807, 2.05) is 55.7 Å². The highest BCUT2D eigenvalue weighted by Crippen LogP contribution is 2.26. The average molecular weight is 887 g/mol. The molecule has 4 rings (SSSR count). The number of hydrogen-bond acceptors (Lipinski definition) is 10. The Bertz CT molecular complexity index is 1710. The summed E-state index contributed by atoms with van der Waals surface area (Å²) in [7, 11) is 12.9. The van der Waals surface area contributed by atoms with Crippen LogP contribution < -0.4 is 18.9 Å². The van der Waals surface area contributed by atoms with Gasteiger partial charge in [0, 0.05) is 110 Å². The predicted molar refractivity (Wildman–Crippen MR) is 264 cm³/mol. The van der Waals surface area contributed by atoms with Gasteiger partial charge in [-0.1, -0.05) is 45.9 Å². The van der Waals surface area contributed by atoms with Crippen LogP contribution in [0.2, 0.25) is 0 Å². The van der Waals surface area contributed by atoms with Crippen molar-refractivity contribution in [3.63, 3.8) is 0 Å². The molecule has 0 radical (unpaired) electrons. The van der Waals surface area contributed by atoms with Gasteiger partial charge in [0.05, 0.1) is 26.4 Å². The Balaban J connectivity index is 1.16. The fourth-order valence-electron chi connectivity index (χ4n) is 7.67. The Kier molecular flexibility index (Phi) is 24.3. The molecule has 4 N–H and O–H groups in total. The molecule has 338 valence electrons. The zero-order valence-electron chi connectivity index (χ0n) is 37.7. The van der Waals surface area contributed by atoms with E-state index < -0.39 is 0 Å². The van der Waals surface area contributed by atoms with Gasteiger partial charge in [-0.25, -0.2) is 0 Å². The van der Waals surface area contributed by atoms with Crippen LogP contribution in [0.4, 0.5) is 11.4 Å². The SMILES string of the molecule is CN(C)C(CCC[n+]1ccccc1/C=C/c1ccc(N(CCO)CCO)cc1)CCSSCCC(CCC[n+]1ccccc1/C=C/c1ccc(N(CCO)CCO)cc1)N(C)C. The highest BCUT2D eigenvalue weighted by atomic mass is 33.1. The molecule has 0 aliphatic heterocycles. The fourth-order valence-corrected chi connectivity index (χ4v) is 9.93. The second kappa shape index (κ2) is 29.6. The number of anilines is 2. The smallest absolute Gasteiger partial charge is 0.205 e. The molecule has 2 atom stereocenters. The van der Waals surface area contributed by atoms with Crippen LogP contribution in [0.5, 0.6) is 0 Å². The Morgan fingerprint density at radius 3 is 1.19 bits per heavy atom. The topological polar surface area (TPSA) is 102 Å². The molecule has 0 aliphatic rings. The van der Waals surface area contributed by atoms with Gasteiger partial charge < -0.3 is 40.0 Å². The molecule has 10 nitrogen and oxygen atoms in total. The lowest BCUT2D eigenvalue weighted by atomic mass is 10.1. The minimum Gasteiger partial charge on any atom is -0.395 e. The van der Waals surface area contributed by atoms with Gasteiger partial charge in [0.25, 0.3) is 0 Å². The van der Waals surface area contributed by atoms with E-state index in [0.717, 1.165) is 72.8 Å². The molecule has 2 aromatic heterocycles. The van der Waals surface area contributed by atoms with Crippen LogP contribution in [-0.4, -0.2) is 135 Å². The summed E-state index contributed by atoms with van der Waals surface area (Å²) in [6.45, 7) is 4.19. The molecular formula is C50H74N6O4S2+2. The van der Waals surface area contributed by atoms with Crippen LogP contribution >= 0.6 is 21.6 Å². The van der Waals surface area contributed by atoms with Gasteiger partial charge in [-0.05, 0) is 114 Å². The molecule has 0 spiro atoms. The second-order valence-corrected chi connectivity index (χ2v) is 18.8. The second-order valence-electron chi connectivity index (χ2n) is 16.1. The summed E-state index contributed by atoms with van der Waals surface area (Å²) in [5.74, 6) is 2.31. The van der Waals surface area contributed by atoms with Crippen molar-refractivity contribution in [2.75, 3.05) is 102 Å². The van der Waals surface area contributed by atoms with Crippen molar-refractivity contribution in [2.24, 2.45) is 0 Å². The third kappa shape index (κ3) is 18.2. The zero-order valence-corrected chi connectivity index (χ0v) is 39.4. The van der Waals surface area contributed by atoms with Gasteiger partial charge in [0.2, 0.25) is 11.4 Å². The Labute approximate surface area is 380 Å². The lowest BCUT2D eigenvalue weighted by Crippen LogP contribution is -2.37. The summed E-state index contributed by atoms with van der Waals surface area (Å²) in [5.41, 5.74) is 6.59. The average Bonchev–Trinajstić information content (AvgIpc) is 3.28. The molecule has 0 saturated carbocycles. The Morgan fingerprint density at radius 1 is 0.484 bits per heavy atom. The van der Waals surface area contributed by atoms with Gasteiger partial charge in [-0.3, -0.25) is 0 Å². The molecule has 2 heterocycles. The Hall–Kier alpha value is -3.72. The number of aromatic nitrogens is 2. The molecular weight excluding hydrogens is 813 g/mol. The predicted octanol–water partition coefficient (Wildman–Crippen LogP) is 6.47. The van der Waals surface area contributed by atoms with Crippen molar-refractivity contribution in [3.8, 4) is 0 Å². The highest BCUT2D eigenvalue weighted by molar-refractivity contribution is 8.76. The van der Waals surface area contributed by atoms with Crippen molar-refractivity contribution in [3.05, 3.63) is 120 Å². The van der Waals surface area contributed by atoms with E-state index in [-0.39, 0.29) is 26.4 Å². The van der Waals surface area contributed by atoms with Crippen molar-refractivity contribution < 1.29 is 29.6 Å². The number of aliphatic hydroxyl groups excluding tert-OH is 4. The van der Waals surface area contributed by atoms with Crippen molar-refractivity contribution in [1.29, 1.82) is 0 Å². The first-order valence-corrected chi connectivity index (χ1v) is 24.8. The third-order valence-corrected chi connectivity index (χ3v) is 13.8. The number of benzene rings is 2. The largest absolute Gasteiger partial charge is 0.395 e. The van der Waals surface area contributed by atoms with Crippen LogP contribution in [0.3, 0.4) is 0 Å². The lowest BCUT2D eigenvalue weighted by molar-refractivity contribution is -0.699. The number of nitrogens with zero attached hydrogens (tertiary/aromatic N) is 6. The number of aryl methyl sites for hydroxylation is 2. The van der Waals surface area contributed by atoms with Crippen LogP contribution in [0.15, 0.2) is 97.3 Å². The summed E-state index contributed by atoms with van der Waals surface area (Å²) in [6.07, 6.45) is 19.9. The summed E-state index contributed by atoms with van der Waals surface area (Å²) in [6, 6.07) is 30.4. The molecule has 12 heteroatoms. The van der Waals surface area contributed by atoms with Gasteiger partial charge in [-0.15, -0.1) is 0 Å². The lowest BCUT2D eigenvalue weighted by Gasteiger charge is -2.24. The van der Waals surface area contributed by atoms with Gasteiger partial charge in [-0.2, -0.15) is 9.13 Å². The number of rotatable bonds is 31. The van der Waals surface area contributed by atoms with Gasteiger partial charge in [0.1, 0.15) is 13.1 Å². The zero-order chi connectivity index (χ0) is 44.4. The minimum absolute atomic E-state index is 0.0559. The molecule has 2 unspecified atom stereocenters. The Morgan fingerprint density at radius 2 is 0.855 bits per heavy atom. The molecule has 62 heavy (non-hydrogen) atoms. The summed E-state index contributed by atoms with van der Waals surface area (Å²) >= 11 is 0. The van der Waals surface area contributed by atoms with E-state index in [9.17, 15) is 20.4 Å². The summed E-state index contributed by atoms with van der Waals surface area (Å²) in [4.78, 5) is 8.77. The summed E-state index contributed by atoms with van der Waals surface area (Å²) < 4.78 is 4.70. The number of aliphatic hydroxyl groups is 4. The monoisotopic (exact) mass is 887 g/mol. The first kappa shape index (κ1) is 50.9.